The fourth-order valence-corrected chi connectivity index (χ4v) is 3.47. The number of anilines is 1. The van der Waals surface area contributed by atoms with E-state index in [4.69, 9.17) is 0 Å². The summed E-state index contributed by atoms with van der Waals surface area (Å²) in [5.74, 6) is -1.59. The van der Waals surface area contributed by atoms with Gasteiger partial charge in [0.15, 0.2) is 5.13 Å². The lowest BCUT2D eigenvalue weighted by Gasteiger charge is -2.03. The third-order valence-electron chi connectivity index (χ3n) is 4.22. The van der Waals surface area contributed by atoms with Crippen molar-refractivity contribution in [1.29, 1.82) is 0 Å². The van der Waals surface area contributed by atoms with E-state index in [9.17, 15) is 18.8 Å². The first-order valence-corrected chi connectivity index (χ1v) is 8.81. The van der Waals surface area contributed by atoms with Crippen LogP contribution >= 0.6 is 11.3 Å². The minimum atomic E-state index is -0.437. The Morgan fingerprint density at radius 3 is 2.52 bits per heavy atom. The molecule has 8 heteroatoms. The Hall–Kier alpha value is -3.39. The number of amides is 3. The van der Waals surface area contributed by atoms with Crippen molar-refractivity contribution in [1.82, 2.24) is 9.88 Å². The van der Waals surface area contributed by atoms with E-state index in [1.807, 2.05) is 0 Å². The minimum absolute atomic E-state index is 0.210. The van der Waals surface area contributed by atoms with Crippen LogP contribution in [0.25, 0.3) is 11.3 Å². The number of benzene rings is 2. The fraction of sp³-hybridized carbons (Fsp3) is 0.0526. The predicted molar refractivity (Wildman–Crippen MR) is 98.3 cm³/mol. The van der Waals surface area contributed by atoms with Crippen LogP contribution in [-0.2, 0) is 0 Å². The molecule has 0 aliphatic carbocycles. The Kier molecular flexibility index (Phi) is 4.04. The van der Waals surface area contributed by atoms with E-state index in [2.05, 4.69) is 10.3 Å². The molecule has 0 spiro atoms. The number of thiazole rings is 1. The molecule has 0 saturated heterocycles. The largest absolute Gasteiger partial charge is 0.298 e. The van der Waals surface area contributed by atoms with Crippen molar-refractivity contribution in [2.75, 3.05) is 12.4 Å². The quantitative estimate of drug-likeness (QED) is 0.705. The molecule has 3 amide bonds. The Labute approximate surface area is 157 Å². The van der Waals surface area contributed by atoms with Gasteiger partial charge in [-0.15, -0.1) is 11.3 Å². The van der Waals surface area contributed by atoms with Crippen LogP contribution in [0.1, 0.15) is 31.1 Å². The number of carbonyl (C=O) groups excluding carboxylic acids is 3. The van der Waals surface area contributed by atoms with Gasteiger partial charge in [-0.05, 0) is 42.5 Å². The van der Waals surface area contributed by atoms with Gasteiger partial charge in [0.2, 0.25) is 0 Å². The lowest BCUT2D eigenvalue weighted by atomic mass is 10.1. The number of nitrogens with zero attached hydrogens (tertiary/aromatic N) is 2. The minimum Gasteiger partial charge on any atom is -0.298 e. The molecule has 1 N–H and O–H groups in total. The number of halogens is 1. The second-order valence-electron chi connectivity index (χ2n) is 5.93. The number of imide groups is 1. The van der Waals surface area contributed by atoms with Crippen molar-refractivity contribution < 1.29 is 18.8 Å². The summed E-state index contributed by atoms with van der Waals surface area (Å²) >= 11 is 1.23. The van der Waals surface area contributed by atoms with Crippen LogP contribution in [0.15, 0.2) is 47.8 Å². The molecule has 3 aromatic rings. The molecule has 0 bridgehead atoms. The van der Waals surface area contributed by atoms with E-state index in [1.54, 1.807) is 17.5 Å². The van der Waals surface area contributed by atoms with Crippen LogP contribution < -0.4 is 5.32 Å². The molecule has 1 aliphatic rings. The second-order valence-corrected chi connectivity index (χ2v) is 6.79. The van der Waals surface area contributed by atoms with Crippen LogP contribution in [0.4, 0.5) is 9.52 Å². The highest BCUT2D eigenvalue weighted by atomic mass is 32.1. The molecule has 27 heavy (non-hydrogen) atoms. The predicted octanol–water partition coefficient (Wildman–Crippen LogP) is 3.43. The van der Waals surface area contributed by atoms with E-state index in [1.165, 1.54) is 48.7 Å². The maximum atomic E-state index is 13.0. The average Bonchev–Trinajstić information content (AvgIpc) is 3.22. The Bertz CT molecular complexity index is 1090. The van der Waals surface area contributed by atoms with Crippen molar-refractivity contribution in [3.05, 3.63) is 70.4 Å². The van der Waals surface area contributed by atoms with Crippen molar-refractivity contribution in [2.45, 2.75) is 0 Å². The highest BCUT2D eigenvalue weighted by molar-refractivity contribution is 7.14. The molecule has 134 valence electrons. The van der Waals surface area contributed by atoms with Crippen molar-refractivity contribution in [2.24, 2.45) is 0 Å². The fourth-order valence-electron chi connectivity index (χ4n) is 2.76. The zero-order chi connectivity index (χ0) is 19.1. The van der Waals surface area contributed by atoms with E-state index in [0.29, 0.717) is 10.8 Å². The summed E-state index contributed by atoms with van der Waals surface area (Å²) < 4.78 is 13.0. The maximum Gasteiger partial charge on any atom is 0.261 e. The summed E-state index contributed by atoms with van der Waals surface area (Å²) in [5.41, 5.74) is 2.10. The zero-order valence-electron chi connectivity index (χ0n) is 14.0. The molecular weight excluding hydrogens is 369 g/mol. The van der Waals surface area contributed by atoms with Crippen LogP contribution in [0.5, 0.6) is 0 Å². The lowest BCUT2D eigenvalue weighted by molar-refractivity contribution is 0.0693. The third-order valence-corrected chi connectivity index (χ3v) is 4.97. The summed E-state index contributed by atoms with van der Waals surface area (Å²) in [7, 11) is 1.40. The summed E-state index contributed by atoms with van der Waals surface area (Å²) in [4.78, 5) is 41.8. The van der Waals surface area contributed by atoms with Crippen LogP contribution in [0.3, 0.4) is 0 Å². The molecule has 2 aromatic carbocycles. The Morgan fingerprint density at radius 2 is 1.78 bits per heavy atom. The number of aromatic nitrogens is 1. The molecule has 1 aromatic heterocycles. The first-order chi connectivity index (χ1) is 12.9. The maximum absolute atomic E-state index is 13.0. The van der Waals surface area contributed by atoms with Crippen LogP contribution in [-0.4, -0.2) is 34.7 Å². The summed E-state index contributed by atoms with van der Waals surface area (Å²) in [5, 5.41) is 4.80. The smallest absolute Gasteiger partial charge is 0.261 e. The molecule has 0 atom stereocenters. The number of carbonyl (C=O) groups is 3. The lowest BCUT2D eigenvalue weighted by Crippen LogP contribution is -2.24. The molecule has 4 rings (SSSR count). The molecular formula is C19H12FN3O3S. The van der Waals surface area contributed by atoms with Gasteiger partial charge in [-0.3, -0.25) is 24.6 Å². The normalized spacial score (nSPS) is 13.0. The molecule has 1 aliphatic heterocycles. The second kappa shape index (κ2) is 6.40. The number of fused-ring (bicyclic) bond motifs is 1. The van der Waals surface area contributed by atoms with Gasteiger partial charge in [-0.1, -0.05) is 0 Å². The highest BCUT2D eigenvalue weighted by Crippen LogP contribution is 2.26. The summed E-state index contributed by atoms with van der Waals surface area (Å²) in [6.07, 6.45) is 0. The van der Waals surface area contributed by atoms with Gasteiger partial charge in [-0.2, -0.15) is 0 Å². The van der Waals surface area contributed by atoms with E-state index < -0.39 is 11.8 Å². The van der Waals surface area contributed by atoms with Gasteiger partial charge < -0.3 is 0 Å². The van der Waals surface area contributed by atoms with Crippen molar-refractivity contribution >= 4 is 34.2 Å². The third kappa shape index (κ3) is 3.00. The van der Waals surface area contributed by atoms with Gasteiger partial charge in [0.05, 0.1) is 16.8 Å². The molecule has 6 nitrogen and oxygen atoms in total. The van der Waals surface area contributed by atoms with E-state index in [0.717, 1.165) is 10.5 Å². The van der Waals surface area contributed by atoms with E-state index in [-0.39, 0.29) is 28.4 Å². The van der Waals surface area contributed by atoms with Crippen molar-refractivity contribution in [3.8, 4) is 11.3 Å². The standard InChI is InChI=1S/C19H12FN3O3S/c1-23-17(25)13-7-4-11(8-14(13)18(23)26)16(24)22-19-21-15(9-27-19)10-2-5-12(20)6-3-10/h2-9H,1H3,(H,21,22,24). The molecule has 0 unspecified atom stereocenters. The van der Waals surface area contributed by atoms with Crippen LogP contribution in [0.2, 0.25) is 0 Å². The topological polar surface area (TPSA) is 79.4 Å². The monoisotopic (exact) mass is 381 g/mol. The first kappa shape index (κ1) is 17.0. The van der Waals surface area contributed by atoms with Crippen molar-refractivity contribution in [3.63, 3.8) is 0 Å². The van der Waals surface area contributed by atoms with Gasteiger partial charge >= 0.3 is 0 Å². The number of nitrogens with one attached hydrogen (secondary N) is 1. The number of rotatable bonds is 3. The van der Waals surface area contributed by atoms with Gasteiger partial charge in [0, 0.05) is 23.6 Å². The zero-order valence-corrected chi connectivity index (χ0v) is 14.8. The Morgan fingerprint density at radius 1 is 1.07 bits per heavy atom. The summed E-state index contributed by atoms with van der Waals surface area (Å²) in [6, 6.07) is 10.3. The first-order valence-electron chi connectivity index (χ1n) is 7.93. The van der Waals surface area contributed by atoms with Gasteiger partial charge in [-0.25, -0.2) is 9.37 Å². The highest BCUT2D eigenvalue weighted by Gasteiger charge is 2.33. The SMILES string of the molecule is CN1C(=O)c2ccc(C(=O)Nc3nc(-c4ccc(F)cc4)cs3)cc2C1=O. The van der Waals surface area contributed by atoms with Crippen LogP contribution in [0, 0.1) is 5.82 Å². The number of hydrogen-bond donors (Lipinski definition) is 1. The summed E-state index contributed by atoms with van der Waals surface area (Å²) in [6.45, 7) is 0. The molecule has 2 heterocycles. The van der Waals surface area contributed by atoms with E-state index >= 15 is 0 Å². The number of hydrogen-bond acceptors (Lipinski definition) is 5. The molecule has 0 radical (unpaired) electrons. The Balaban J connectivity index is 1.55. The average molecular weight is 381 g/mol. The molecule has 0 saturated carbocycles. The molecule has 0 fully saturated rings. The van der Waals surface area contributed by atoms with Gasteiger partial charge in [0.25, 0.3) is 17.7 Å². The van der Waals surface area contributed by atoms with Gasteiger partial charge in [0.1, 0.15) is 5.82 Å².